The second kappa shape index (κ2) is 14.1. The number of thiol groups is 2. The molecule has 0 amide bonds. The fraction of sp³-hybridized carbons (Fsp3) is 0.613. The Morgan fingerprint density at radius 3 is 1.49 bits per heavy atom. The fourth-order valence-electron chi connectivity index (χ4n) is 6.04. The lowest BCUT2D eigenvalue weighted by molar-refractivity contribution is -0.120. The van der Waals surface area contributed by atoms with Crippen LogP contribution in [0, 0.1) is 9.28 Å². The third-order valence-corrected chi connectivity index (χ3v) is 12.0. The maximum atomic E-state index is 12.6. The molecule has 4 heterocycles. The van der Waals surface area contributed by atoms with Gasteiger partial charge in [-0.3, -0.25) is 9.59 Å². The Bertz CT molecular complexity index is 1330. The van der Waals surface area contributed by atoms with Crippen molar-refractivity contribution in [1.29, 1.82) is 0 Å². The number of hydrogen-bond donors (Lipinski definition) is 2. The van der Waals surface area contributed by atoms with Crippen LogP contribution in [-0.2, 0) is 33.5 Å². The Labute approximate surface area is 275 Å². The first-order valence-corrected chi connectivity index (χ1v) is 18.3. The van der Waals surface area contributed by atoms with E-state index in [9.17, 15) is 9.59 Å². The van der Waals surface area contributed by atoms with Crippen LogP contribution in [0.2, 0.25) is 0 Å². The molecule has 0 radical (unpaired) electrons. The summed E-state index contributed by atoms with van der Waals surface area (Å²) in [6.07, 6.45) is 7.99. The van der Waals surface area contributed by atoms with Crippen molar-refractivity contribution in [3.63, 3.8) is 0 Å². The van der Waals surface area contributed by atoms with E-state index >= 15 is 0 Å². The smallest absolute Gasteiger partial charge is 0.132 e. The number of aromatic nitrogens is 2. The average molecular weight is 667 g/mol. The maximum absolute atomic E-state index is 12.6. The molecule has 0 aromatic carbocycles. The summed E-state index contributed by atoms with van der Waals surface area (Å²) in [7, 11) is 0. The molecule has 0 aliphatic carbocycles. The molecule has 4 rings (SSSR count). The molecule has 0 saturated carbocycles. The van der Waals surface area contributed by atoms with Crippen LogP contribution in [0.25, 0.3) is 0 Å². The highest BCUT2D eigenvalue weighted by Gasteiger charge is 2.28. The predicted molar refractivity (Wildman–Crippen MR) is 184 cm³/mol. The Hall–Kier alpha value is -0.520. The van der Waals surface area contributed by atoms with Crippen LogP contribution in [-0.4, -0.2) is 32.2 Å². The summed E-state index contributed by atoms with van der Waals surface area (Å²) in [6, 6.07) is 4.21. The van der Waals surface area contributed by atoms with Crippen molar-refractivity contribution in [3.05, 3.63) is 32.5 Å². The Balaban J connectivity index is 1.17. The van der Waals surface area contributed by atoms with Gasteiger partial charge in [0.15, 0.2) is 0 Å². The van der Waals surface area contributed by atoms with Crippen molar-refractivity contribution in [2.75, 3.05) is 11.5 Å². The summed E-state index contributed by atoms with van der Waals surface area (Å²) in [5.74, 6) is 2.63. The summed E-state index contributed by atoms with van der Waals surface area (Å²) in [6.45, 7) is 8.71. The van der Waals surface area contributed by atoms with Crippen LogP contribution in [0.3, 0.4) is 0 Å². The number of carbonyl (C=O) groups is 2. The van der Waals surface area contributed by atoms with Crippen molar-refractivity contribution >= 4 is 84.8 Å². The fourth-order valence-corrected chi connectivity index (χ4v) is 10.8. The molecule has 2 aliphatic heterocycles. The first-order chi connectivity index (χ1) is 19.3. The van der Waals surface area contributed by atoms with E-state index in [1.165, 1.54) is 20.9 Å². The molecule has 2 aromatic rings. The minimum atomic E-state index is -0.211. The number of fused-ring (bicyclic) bond motifs is 2. The Morgan fingerprint density at radius 1 is 0.732 bits per heavy atom. The van der Waals surface area contributed by atoms with Crippen LogP contribution < -0.4 is 0 Å². The molecule has 2 aliphatic rings. The van der Waals surface area contributed by atoms with E-state index in [0.717, 1.165) is 69.4 Å². The largest absolute Gasteiger partial charge is 0.322 e. The molecule has 41 heavy (non-hydrogen) atoms. The highest BCUT2D eigenvalue weighted by atomic mass is 32.2. The van der Waals surface area contributed by atoms with E-state index in [4.69, 9.17) is 49.7 Å². The van der Waals surface area contributed by atoms with Gasteiger partial charge in [0, 0.05) is 58.1 Å². The number of thioether (sulfide) groups is 2. The average Bonchev–Trinajstić information content (AvgIpc) is 3.53. The van der Waals surface area contributed by atoms with Gasteiger partial charge in [0.1, 0.15) is 20.8 Å². The van der Waals surface area contributed by atoms with Gasteiger partial charge in [-0.15, -0.1) is 48.8 Å². The number of ketones is 2. The van der Waals surface area contributed by atoms with Crippen LogP contribution in [0.1, 0.15) is 96.6 Å². The normalized spacial score (nSPS) is 14.8. The van der Waals surface area contributed by atoms with Crippen LogP contribution >= 0.6 is 73.2 Å². The second-order valence-corrected chi connectivity index (χ2v) is 16.4. The van der Waals surface area contributed by atoms with Gasteiger partial charge in [0.25, 0.3) is 0 Å². The quantitative estimate of drug-likeness (QED) is 0.155. The number of pyridine rings is 2. The molecule has 0 N–H and O–H groups in total. The van der Waals surface area contributed by atoms with E-state index in [-0.39, 0.29) is 22.6 Å². The summed E-state index contributed by atoms with van der Waals surface area (Å²) >= 11 is 24.8. The lowest BCUT2D eigenvalue weighted by Crippen LogP contribution is -2.29. The van der Waals surface area contributed by atoms with Crippen LogP contribution in [0.5, 0.6) is 0 Å². The number of carbonyl (C=O) groups excluding carboxylic acids is 2. The van der Waals surface area contributed by atoms with Crippen LogP contribution in [0.15, 0.2) is 32.0 Å². The van der Waals surface area contributed by atoms with Gasteiger partial charge in [0.2, 0.25) is 0 Å². The minimum Gasteiger partial charge on any atom is -0.322 e. The van der Waals surface area contributed by atoms with Gasteiger partial charge in [0.05, 0.1) is 10.1 Å². The number of nitrogens with zero attached hydrogens (tertiary/aromatic N) is 2. The van der Waals surface area contributed by atoms with Crippen molar-refractivity contribution in [2.24, 2.45) is 0 Å². The molecule has 0 spiro atoms. The lowest BCUT2D eigenvalue weighted by atomic mass is 9.93. The van der Waals surface area contributed by atoms with Gasteiger partial charge in [-0.25, -0.2) is 0 Å². The maximum Gasteiger partial charge on any atom is 0.132 e. The van der Waals surface area contributed by atoms with E-state index in [0.29, 0.717) is 32.1 Å². The molecule has 4 nitrogen and oxygen atoms in total. The molecule has 224 valence electrons. The monoisotopic (exact) mass is 666 g/mol. The van der Waals surface area contributed by atoms with Gasteiger partial charge in [-0.2, -0.15) is 0 Å². The Morgan fingerprint density at radius 2 is 1.10 bits per heavy atom. The standard InChI is InChI=1S/C31H42N2O2S6/c1-30(2,32-26(36)18-24-22(28(32)38)12-16-40-24)14-6-10-20(34)8-5-9-21(35)11-7-15-31(3,4)33-27(37)19-25-23(29(33)39)13-17-41-25/h18-19,38-39H,5-17H2,1-4H3. The minimum absolute atomic E-state index is 0.211. The molecule has 0 saturated heterocycles. The zero-order valence-corrected chi connectivity index (χ0v) is 29.6. The first kappa shape index (κ1) is 33.4. The first-order valence-electron chi connectivity index (χ1n) is 14.6. The van der Waals surface area contributed by atoms with Crippen molar-refractivity contribution in [2.45, 2.75) is 129 Å². The second-order valence-electron chi connectivity index (χ2n) is 12.4. The van der Waals surface area contributed by atoms with Gasteiger partial charge in [-0.1, -0.05) is 24.4 Å². The summed E-state index contributed by atoms with van der Waals surface area (Å²) < 4.78 is 5.94. The molecule has 0 unspecified atom stereocenters. The van der Waals surface area contributed by atoms with Gasteiger partial charge < -0.3 is 9.13 Å². The van der Waals surface area contributed by atoms with E-state index < -0.39 is 0 Å². The highest BCUT2D eigenvalue weighted by Crippen LogP contribution is 2.40. The third-order valence-electron chi connectivity index (χ3n) is 8.34. The molecule has 0 bridgehead atoms. The van der Waals surface area contributed by atoms with Crippen molar-refractivity contribution < 1.29 is 9.59 Å². The van der Waals surface area contributed by atoms with E-state index in [2.05, 4.69) is 49.0 Å². The van der Waals surface area contributed by atoms with Crippen molar-refractivity contribution in [3.8, 4) is 0 Å². The van der Waals surface area contributed by atoms with Gasteiger partial charge in [-0.05, 0) is 95.9 Å². The molecule has 0 fully saturated rings. The summed E-state index contributed by atoms with van der Waals surface area (Å²) in [4.78, 5) is 27.7. The topological polar surface area (TPSA) is 44.0 Å². The molecule has 10 heteroatoms. The number of hydrogen-bond acceptors (Lipinski definition) is 8. The summed E-state index contributed by atoms with van der Waals surface area (Å²) in [5.41, 5.74) is 2.16. The highest BCUT2D eigenvalue weighted by molar-refractivity contribution is 8.00. The number of Topliss-reactive ketones (excluding diaryl/α,β-unsaturated/α-hetero) is 2. The zero-order valence-electron chi connectivity index (χ0n) is 24.6. The molecular weight excluding hydrogens is 625 g/mol. The van der Waals surface area contributed by atoms with Crippen molar-refractivity contribution in [1.82, 2.24) is 9.13 Å². The molecule has 2 aromatic heterocycles. The Kier molecular flexibility index (Phi) is 11.4. The van der Waals surface area contributed by atoms with E-state index in [1.54, 1.807) is 0 Å². The molecular formula is C31H42N2O2S6. The molecule has 0 atom stereocenters. The lowest BCUT2D eigenvalue weighted by Gasteiger charge is -2.31. The zero-order chi connectivity index (χ0) is 29.9. The third kappa shape index (κ3) is 7.96. The van der Waals surface area contributed by atoms with Crippen LogP contribution in [0.4, 0.5) is 0 Å². The van der Waals surface area contributed by atoms with E-state index in [1.807, 2.05) is 23.5 Å². The van der Waals surface area contributed by atoms with Gasteiger partial charge >= 0.3 is 0 Å². The number of rotatable bonds is 14. The predicted octanol–water partition coefficient (Wildman–Crippen LogP) is 9.44. The SMILES string of the molecule is CC(C)(CCCC(=O)CCCC(=O)CCCC(C)(C)n1c(S)c2c(cc1=S)SCC2)n1c(S)c2c(cc1=S)SCC2. The summed E-state index contributed by atoms with van der Waals surface area (Å²) in [5, 5.41) is 1.94.